The molecule has 1 aromatic carbocycles. The average Bonchev–Trinajstić information content (AvgIpc) is 2.93. The minimum atomic E-state index is -0.875. The third-order valence-corrected chi connectivity index (χ3v) is 3.36. The Labute approximate surface area is 120 Å². The van der Waals surface area contributed by atoms with E-state index in [2.05, 4.69) is 4.98 Å². The molecule has 108 valence electrons. The molecule has 0 atom stereocenters. The van der Waals surface area contributed by atoms with Crippen molar-refractivity contribution in [1.82, 2.24) is 14.1 Å². The number of ether oxygens (including phenoxy) is 1. The zero-order valence-corrected chi connectivity index (χ0v) is 11.5. The van der Waals surface area contributed by atoms with Gasteiger partial charge in [0.2, 0.25) is 6.86 Å². The molecule has 0 radical (unpaired) electrons. The van der Waals surface area contributed by atoms with Crippen LogP contribution < -0.4 is 10.3 Å². The lowest BCUT2D eigenvalue weighted by atomic mass is 10.3. The summed E-state index contributed by atoms with van der Waals surface area (Å²) in [5.74, 6) is 0.422. The van der Waals surface area contributed by atoms with E-state index in [4.69, 9.17) is 4.74 Å². The molecule has 2 aromatic heterocycles. The molecule has 6 heteroatoms. The number of hydrogen-bond acceptors (Lipinski definition) is 3. The Bertz CT molecular complexity index is 821. The lowest BCUT2D eigenvalue weighted by Crippen LogP contribution is -2.17. The van der Waals surface area contributed by atoms with Gasteiger partial charge in [0.15, 0.2) is 5.52 Å². The van der Waals surface area contributed by atoms with Gasteiger partial charge in [-0.2, -0.15) is 0 Å². The van der Waals surface area contributed by atoms with Crippen molar-refractivity contribution >= 4 is 11.0 Å². The Morgan fingerprint density at radius 1 is 1.24 bits per heavy atom. The summed E-state index contributed by atoms with van der Waals surface area (Å²) in [5, 5.41) is 0. The van der Waals surface area contributed by atoms with Gasteiger partial charge in [-0.3, -0.25) is 9.36 Å². The van der Waals surface area contributed by atoms with E-state index in [0.717, 1.165) is 12.1 Å². The van der Waals surface area contributed by atoms with Crippen LogP contribution in [0.25, 0.3) is 16.7 Å². The van der Waals surface area contributed by atoms with Crippen LogP contribution in [0.4, 0.5) is 4.39 Å². The zero-order chi connectivity index (χ0) is 14.8. The van der Waals surface area contributed by atoms with Crippen molar-refractivity contribution in [3.05, 3.63) is 53.2 Å². The van der Waals surface area contributed by atoms with E-state index in [1.807, 2.05) is 17.6 Å². The van der Waals surface area contributed by atoms with Crippen LogP contribution in [0.1, 0.15) is 6.92 Å². The number of halogens is 1. The number of rotatable bonds is 4. The molecular weight excluding hydrogens is 273 g/mol. The number of pyridine rings is 1. The van der Waals surface area contributed by atoms with E-state index in [0.29, 0.717) is 17.0 Å². The average molecular weight is 287 g/mol. The van der Waals surface area contributed by atoms with Crippen LogP contribution in [-0.2, 0) is 6.54 Å². The number of hydrogen-bond donors (Lipinski definition) is 0. The van der Waals surface area contributed by atoms with Crippen molar-refractivity contribution < 1.29 is 9.13 Å². The first-order valence-corrected chi connectivity index (χ1v) is 6.60. The van der Waals surface area contributed by atoms with Crippen LogP contribution in [0, 0.1) is 0 Å². The van der Waals surface area contributed by atoms with Gasteiger partial charge in [0.05, 0.1) is 11.8 Å². The molecule has 3 aromatic rings. The number of aromatic nitrogens is 3. The lowest BCUT2D eigenvalue weighted by Gasteiger charge is -2.07. The van der Waals surface area contributed by atoms with E-state index >= 15 is 0 Å². The largest absolute Gasteiger partial charge is 0.463 e. The summed E-state index contributed by atoms with van der Waals surface area (Å²) in [6, 6.07) is 8.51. The third kappa shape index (κ3) is 2.29. The molecule has 0 bridgehead atoms. The summed E-state index contributed by atoms with van der Waals surface area (Å²) >= 11 is 0. The summed E-state index contributed by atoms with van der Waals surface area (Å²) in [7, 11) is 0. The summed E-state index contributed by atoms with van der Waals surface area (Å²) in [4.78, 5) is 16.6. The summed E-state index contributed by atoms with van der Waals surface area (Å²) in [6.07, 6.45) is 3.37. The highest BCUT2D eigenvalue weighted by molar-refractivity contribution is 5.74. The third-order valence-electron chi connectivity index (χ3n) is 3.36. The van der Waals surface area contributed by atoms with Crippen molar-refractivity contribution in [2.75, 3.05) is 6.86 Å². The molecule has 2 heterocycles. The first kappa shape index (κ1) is 13.4. The van der Waals surface area contributed by atoms with E-state index in [-0.39, 0.29) is 5.56 Å². The molecule has 5 nitrogen and oxygen atoms in total. The number of nitrogens with zero attached hydrogens (tertiary/aromatic N) is 3. The molecular formula is C15H14FN3O2. The van der Waals surface area contributed by atoms with Crippen LogP contribution in [-0.4, -0.2) is 21.0 Å². The second-order valence-corrected chi connectivity index (χ2v) is 4.50. The minimum Gasteiger partial charge on any atom is -0.463 e. The number of fused-ring (bicyclic) bond motifs is 1. The van der Waals surface area contributed by atoms with Crippen LogP contribution in [0.15, 0.2) is 47.7 Å². The number of aryl methyl sites for hydroxylation is 1. The van der Waals surface area contributed by atoms with Gasteiger partial charge in [-0.25, -0.2) is 9.37 Å². The molecule has 0 spiro atoms. The molecule has 3 rings (SSSR count). The summed E-state index contributed by atoms with van der Waals surface area (Å²) in [6.45, 7) is 1.88. The van der Waals surface area contributed by atoms with Crippen molar-refractivity contribution in [3.8, 4) is 11.4 Å². The number of benzene rings is 1. The lowest BCUT2D eigenvalue weighted by molar-refractivity contribution is 0.192. The highest BCUT2D eigenvalue weighted by atomic mass is 19.1. The quantitative estimate of drug-likeness (QED) is 0.741. The molecule has 0 fully saturated rings. The first-order valence-electron chi connectivity index (χ1n) is 6.60. The Morgan fingerprint density at radius 3 is 2.67 bits per heavy atom. The van der Waals surface area contributed by atoms with Crippen molar-refractivity contribution in [2.45, 2.75) is 13.5 Å². The molecule has 0 unspecified atom stereocenters. The number of imidazole rings is 1. The molecule has 0 aliphatic rings. The van der Waals surface area contributed by atoms with Gasteiger partial charge in [0.1, 0.15) is 5.75 Å². The smallest absolute Gasteiger partial charge is 0.283 e. The Balaban J connectivity index is 2.08. The second kappa shape index (κ2) is 5.40. The molecule has 0 amide bonds. The Morgan fingerprint density at radius 2 is 2.00 bits per heavy atom. The first-order chi connectivity index (χ1) is 10.2. The zero-order valence-electron chi connectivity index (χ0n) is 11.5. The fraction of sp³-hybridized carbons (Fsp3) is 0.200. The highest BCUT2D eigenvalue weighted by Gasteiger charge is 2.09. The van der Waals surface area contributed by atoms with Crippen molar-refractivity contribution in [1.29, 1.82) is 0 Å². The van der Waals surface area contributed by atoms with Crippen LogP contribution in [0.3, 0.4) is 0 Å². The Hall–Kier alpha value is -2.63. The topological polar surface area (TPSA) is 49.0 Å². The standard InChI is InChI=1S/C15H14FN3O2/c1-2-18-10-17-14-13(18)7-8-19(15(14)20)11-3-5-12(6-4-11)21-9-16/h3-8,10H,2,9H2,1H3. The maximum absolute atomic E-state index is 12.5. The van der Waals surface area contributed by atoms with E-state index in [1.54, 1.807) is 36.8 Å². The highest BCUT2D eigenvalue weighted by Crippen LogP contribution is 2.16. The fourth-order valence-electron chi connectivity index (χ4n) is 2.28. The molecule has 0 saturated carbocycles. The van der Waals surface area contributed by atoms with Gasteiger partial charge in [0, 0.05) is 18.4 Å². The maximum Gasteiger partial charge on any atom is 0.283 e. The SMILES string of the molecule is CCn1cnc2c(=O)n(-c3ccc(OCF)cc3)ccc21. The van der Waals surface area contributed by atoms with Gasteiger partial charge < -0.3 is 9.30 Å². The maximum atomic E-state index is 12.5. The monoisotopic (exact) mass is 287 g/mol. The van der Waals surface area contributed by atoms with E-state index in [9.17, 15) is 9.18 Å². The summed E-state index contributed by atoms with van der Waals surface area (Å²) < 4.78 is 20.3. The summed E-state index contributed by atoms with van der Waals surface area (Å²) in [5.41, 5.74) is 1.75. The predicted octanol–water partition coefficient (Wildman–Crippen LogP) is 2.51. The van der Waals surface area contributed by atoms with Crippen molar-refractivity contribution in [3.63, 3.8) is 0 Å². The molecule has 0 aliphatic heterocycles. The normalized spacial score (nSPS) is 11.0. The second-order valence-electron chi connectivity index (χ2n) is 4.50. The molecule has 0 aliphatic carbocycles. The van der Waals surface area contributed by atoms with Gasteiger partial charge in [-0.05, 0) is 37.3 Å². The van der Waals surface area contributed by atoms with Crippen LogP contribution in [0.2, 0.25) is 0 Å². The molecule has 0 saturated heterocycles. The predicted molar refractivity (Wildman–Crippen MR) is 77.6 cm³/mol. The number of alkyl halides is 1. The van der Waals surface area contributed by atoms with Gasteiger partial charge >= 0.3 is 0 Å². The fourth-order valence-corrected chi connectivity index (χ4v) is 2.28. The van der Waals surface area contributed by atoms with Crippen molar-refractivity contribution in [2.24, 2.45) is 0 Å². The van der Waals surface area contributed by atoms with Gasteiger partial charge in [0.25, 0.3) is 5.56 Å². The van der Waals surface area contributed by atoms with Crippen LogP contribution >= 0.6 is 0 Å². The van der Waals surface area contributed by atoms with Crippen LogP contribution in [0.5, 0.6) is 5.75 Å². The molecule has 21 heavy (non-hydrogen) atoms. The van der Waals surface area contributed by atoms with E-state index < -0.39 is 6.86 Å². The molecule has 0 N–H and O–H groups in total. The van der Waals surface area contributed by atoms with Gasteiger partial charge in [-0.15, -0.1) is 0 Å². The van der Waals surface area contributed by atoms with E-state index in [1.165, 1.54) is 4.57 Å². The Kier molecular flexibility index (Phi) is 3.43. The van der Waals surface area contributed by atoms with Gasteiger partial charge in [-0.1, -0.05) is 0 Å². The minimum absolute atomic E-state index is 0.182.